The van der Waals surface area contributed by atoms with Gasteiger partial charge in [-0.3, -0.25) is 0 Å². The van der Waals surface area contributed by atoms with Gasteiger partial charge in [0.15, 0.2) is 0 Å². The second-order valence-corrected chi connectivity index (χ2v) is 6.19. The van der Waals surface area contributed by atoms with Gasteiger partial charge in [-0.05, 0) is 48.4 Å². The van der Waals surface area contributed by atoms with E-state index in [1.807, 2.05) is 12.1 Å². The van der Waals surface area contributed by atoms with Crippen molar-refractivity contribution in [2.24, 2.45) is 5.41 Å². The monoisotopic (exact) mass is 258 g/mol. The lowest BCUT2D eigenvalue weighted by atomic mass is 9.79. The highest BCUT2D eigenvalue weighted by Crippen LogP contribution is 2.36. The number of phenolic OH excluding ortho intramolecular Hbond substituents is 1. The Balaban J connectivity index is 2.99. The molecule has 0 aliphatic carbocycles. The van der Waals surface area contributed by atoms with Crippen LogP contribution in [-0.2, 0) is 0 Å². The summed E-state index contributed by atoms with van der Waals surface area (Å²) in [5.74, 6) is 0.299. The van der Waals surface area contributed by atoms with Crippen LogP contribution in [0.5, 0.6) is 5.75 Å². The fourth-order valence-corrected chi connectivity index (χ4v) is 2.28. The van der Waals surface area contributed by atoms with Crippen LogP contribution in [0.1, 0.15) is 53.0 Å². The molecule has 0 saturated carbocycles. The molecule has 0 spiro atoms. The molecule has 104 valence electrons. The molecule has 0 saturated heterocycles. The Bertz CT molecular complexity index is 469. The fourth-order valence-electron chi connectivity index (χ4n) is 2.28. The normalized spacial score (nSPS) is 13.1. The van der Waals surface area contributed by atoms with E-state index in [0.29, 0.717) is 5.75 Å². The first-order valence-electron chi connectivity index (χ1n) is 6.92. The summed E-state index contributed by atoms with van der Waals surface area (Å²) in [6.45, 7) is 15.4. The van der Waals surface area contributed by atoms with Crippen LogP contribution in [0, 0.1) is 5.41 Å². The zero-order chi connectivity index (χ0) is 14.6. The van der Waals surface area contributed by atoms with Crippen molar-refractivity contribution >= 4 is 5.57 Å². The number of hydrogen-bond donors (Lipinski definition) is 1. The molecule has 0 amide bonds. The Kier molecular flexibility index (Phi) is 4.99. The molecule has 1 aromatic carbocycles. The molecule has 0 aromatic heterocycles. The minimum atomic E-state index is 0.167. The summed E-state index contributed by atoms with van der Waals surface area (Å²) in [6, 6.07) is 7.29. The number of rotatable bonds is 4. The molecule has 1 heteroatoms. The van der Waals surface area contributed by atoms with Crippen LogP contribution in [0.4, 0.5) is 0 Å². The van der Waals surface area contributed by atoms with E-state index in [9.17, 15) is 5.11 Å². The van der Waals surface area contributed by atoms with Crippen LogP contribution in [0.3, 0.4) is 0 Å². The van der Waals surface area contributed by atoms with Crippen LogP contribution in [0.25, 0.3) is 5.57 Å². The average Bonchev–Trinajstić information content (AvgIpc) is 2.34. The molecule has 0 aliphatic rings. The van der Waals surface area contributed by atoms with Gasteiger partial charge in [0.2, 0.25) is 0 Å². The average molecular weight is 258 g/mol. The van der Waals surface area contributed by atoms with E-state index in [-0.39, 0.29) is 5.41 Å². The largest absolute Gasteiger partial charge is 0.508 e. The highest BCUT2D eigenvalue weighted by atomic mass is 16.3. The second-order valence-electron chi connectivity index (χ2n) is 6.19. The van der Waals surface area contributed by atoms with E-state index in [2.05, 4.69) is 41.2 Å². The summed E-state index contributed by atoms with van der Waals surface area (Å²) >= 11 is 0. The maximum atomic E-state index is 9.34. The molecular formula is C18H26O. The Morgan fingerprint density at radius 2 is 1.68 bits per heavy atom. The third-order valence-electron chi connectivity index (χ3n) is 3.62. The SMILES string of the molecule is C=C(C/C(=C(\C)CC)C(C)(C)C)c1ccc(O)cc1. The van der Waals surface area contributed by atoms with E-state index in [1.54, 1.807) is 12.1 Å². The maximum absolute atomic E-state index is 9.34. The molecule has 0 aliphatic heterocycles. The van der Waals surface area contributed by atoms with Crippen molar-refractivity contribution in [3.8, 4) is 5.75 Å². The summed E-state index contributed by atoms with van der Waals surface area (Å²) in [5.41, 5.74) is 5.29. The summed E-state index contributed by atoms with van der Waals surface area (Å²) in [4.78, 5) is 0. The van der Waals surface area contributed by atoms with E-state index in [4.69, 9.17) is 0 Å². The van der Waals surface area contributed by atoms with E-state index < -0.39 is 0 Å². The van der Waals surface area contributed by atoms with Crippen molar-refractivity contribution in [1.29, 1.82) is 0 Å². The molecule has 0 radical (unpaired) electrons. The van der Waals surface area contributed by atoms with Crippen molar-refractivity contribution in [3.05, 3.63) is 47.6 Å². The van der Waals surface area contributed by atoms with Crippen LogP contribution in [-0.4, -0.2) is 5.11 Å². The Morgan fingerprint density at radius 3 is 2.11 bits per heavy atom. The zero-order valence-electron chi connectivity index (χ0n) is 12.9. The lowest BCUT2D eigenvalue weighted by Crippen LogP contribution is -2.12. The number of phenols is 1. The molecule has 1 rings (SSSR count). The first-order valence-corrected chi connectivity index (χ1v) is 6.92. The van der Waals surface area contributed by atoms with Gasteiger partial charge in [0.05, 0.1) is 0 Å². The van der Waals surface area contributed by atoms with Gasteiger partial charge in [-0.15, -0.1) is 0 Å². The summed E-state index contributed by atoms with van der Waals surface area (Å²) in [6.07, 6.45) is 1.98. The van der Waals surface area contributed by atoms with E-state index in [0.717, 1.165) is 24.0 Å². The Morgan fingerprint density at radius 1 is 1.16 bits per heavy atom. The van der Waals surface area contributed by atoms with Crippen LogP contribution in [0.2, 0.25) is 0 Å². The topological polar surface area (TPSA) is 20.2 Å². The van der Waals surface area contributed by atoms with Crippen molar-refractivity contribution in [1.82, 2.24) is 0 Å². The van der Waals surface area contributed by atoms with Gasteiger partial charge in [-0.2, -0.15) is 0 Å². The molecule has 0 atom stereocenters. The summed E-state index contributed by atoms with van der Waals surface area (Å²) in [5, 5.41) is 9.34. The molecule has 0 heterocycles. The van der Waals surface area contributed by atoms with E-state index in [1.165, 1.54) is 11.1 Å². The number of allylic oxidation sites excluding steroid dienone is 3. The standard InChI is InChI=1S/C18H26O/c1-7-13(2)17(18(4,5)6)12-14(3)15-8-10-16(19)11-9-15/h8-11,19H,3,7,12H2,1-2,4-6H3/b17-13-. The minimum absolute atomic E-state index is 0.167. The predicted molar refractivity (Wildman–Crippen MR) is 84.2 cm³/mol. The molecule has 1 nitrogen and oxygen atoms in total. The Labute approximate surface area is 117 Å². The van der Waals surface area contributed by atoms with Gasteiger partial charge < -0.3 is 5.11 Å². The van der Waals surface area contributed by atoms with Gasteiger partial charge in [0, 0.05) is 0 Å². The van der Waals surface area contributed by atoms with Crippen LogP contribution >= 0.6 is 0 Å². The molecule has 19 heavy (non-hydrogen) atoms. The highest BCUT2D eigenvalue weighted by molar-refractivity contribution is 5.66. The summed E-state index contributed by atoms with van der Waals surface area (Å²) in [7, 11) is 0. The van der Waals surface area contributed by atoms with Gasteiger partial charge in [-0.1, -0.05) is 57.6 Å². The van der Waals surface area contributed by atoms with Crippen molar-refractivity contribution in [2.75, 3.05) is 0 Å². The lowest BCUT2D eigenvalue weighted by molar-refractivity contribution is 0.475. The van der Waals surface area contributed by atoms with Crippen LogP contribution in [0.15, 0.2) is 42.0 Å². The molecular weight excluding hydrogens is 232 g/mol. The van der Waals surface area contributed by atoms with E-state index >= 15 is 0 Å². The highest BCUT2D eigenvalue weighted by Gasteiger charge is 2.20. The summed E-state index contributed by atoms with van der Waals surface area (Å²) < 4.78 is 0. The number of hydrogen-bond acceptors (Lipinski definition) is 1. The minimum Gasteiger partial charge on any atom is -0.508 e. The molecule has 0 fully saturated rings. The number of aromatic hydroxyl groups is 1. The zero-order valence-corrected chi connectivity index (χ0v) is 12.9. The van der Waals surface area contributed by atoms with Crippen molar-refractivity contribution in [3.63, 3.8) is 0 Å². The second kappa shape index (κ2) is 6.10. The maximum Gasteiger partial charge on any atom is 0.115 e. The van der Waals surface area contributed by atoms with Crippen LogP contribution < -0.4 is 0 Å². The van der Waals surface area contributed by atoms with Gasteiger partial charge in [0.1, 0.15) is 5.75 Å². The van der Waals surface area contributed by atoms with Gasteiger partial charge in [-0.25, -0.2) is 0 Å². The number of benzene rings is 1. The first kappa shape index (κ1) is 15.6. The molecule has 0 bridgehead atoms. The quantitative estimate of drug-likeness (QED) is 0.700. The Hall–Kier alpha value is -1.50. The van der Waals surface area contributed by atoms with Gasteiger partial charge in [0.25, 0.3) is 0 Å². The first-order chi connectivity index (χ1) is 8.75. The molecule has 1 N–H and O–H groups in total. The van der Waals surface area contributed by atoms with Gasteiger partial charge >= 0.3 is 0 Å². The smallest absolute Gasteiger partial charge is 0.115 e. The predicted octanol–water partition coefficient (Wildman–Crippen LogP) is 5.57. The molecule has 0 unspecified atom stereocenters. The molecule has 1 aromatic rings. The van der Waals surface area contributed by atoms with Crippen molar-refractivity contribution in [2.45, 2.75) is 47.5 Å². The van der Waals surface area contributed by atoms with Crippen molar-refractivity contribution < 1.29 is 5.11 Å². The third kappa shape index (κ3) is 4.27. The third-order valence-corrected chi connectivity index (χ3v) is 3.62. The lowest BCUT2D eigenvalue weighted by Gasteiger charge is -2.27. The fraction of sp³-hybridized carbons (Fsp3) is 0.444.